The van der Waals surface area contributed by atoms with Crippen LogP contribution in [0.15, 0.2) is 48.5 Å². The number of nitrogens with one attached hydrogen (secondary N) is 1. The number of carbonyl (C=O) groups excluding carboxylic acids is 2. The van der Waals surface area contributed by atoms with Gasteiger partial charge in [-0.15, -0.1) is 6.42 Å². The third-order valence-electron chi connectivity index (χ3n) is 6.66. The summed E-state index contributed by atoms with van der Waals surface area (Å²) in [6, 6.07) is 15.3. The van der Waals surface area contributed by atoms with Crippen LogP contribution in [0.1, 0.15) is 51.2 Å². The number of benzene rings is 2. The van der Waals surface area contributed by atoms with E-state index in [1.54, 1.807) is 11.9 Å². The maximum atomic E-state index is 13.2. The second kappa shape index (κ2) is 10.6. The normalized spacial score (nSPS) is 15.1. The molecule has 174 valence electrons. The number of ether oxygens (including phenoxy) is 1. The standard InChI is InChI=1S/C28H34N2O3/c1-7-19(5)26(27(31)30(6)25(8-2)18(3)4)29-28(32)33-17-24-22-15-11-9-13-20(22)21-14-10-12-16-23(21)24/h2,9-16,18-19,24-26H,7,17H2,1,3-6H3,(H,29,32)/t19-,25+,26-/m0/s1. The Hall–Kier alpha value is -3.26. The highest BCUT2D eigenvalue weighted by Crippen LogP contribution is 2.44. The molecule has 0 unspecified atom stereocenters. The van der Waals surface area contributed by atoms with Gasteiger partial charge < -0.3 is 15.0 Å². The van der Waals surface area contributed by atoms with Crippen LogP contribution < -0.4 is 5.32 Å². The van der Waals surface area contributed by atoms with Crippen LogP contribution in [-0.2, 0) is 9.53 Å². The number of nitrogens with zero attached hydrogens (tertiary/aromatic N) is 1. The van der Waals surface area contributed by atoms with Crippen molar-refractivity contribution in [1.29, 1.82) is 0 Å². The highest BCUT2D eigenvalue weighted by molar-refractivity contribution is 5.86. The van der Waals surface area contributed by atoms with Crippen molar-refractivity contribution >= 4 is 12.0 Å². The molecule has 1 aliphatic rings. The average molecular weight is 447 g/mol. The van der Waals surface area contributed by atoms with E-state index in [2.05, 4.69) is 35.5 Å². The second-order valence-corrected chi connectivity index (χ2v) is 9.14. The molecule has 0 fully saturated rings. The van der Waals surface area contributed by atoms with Crippen molar-refractivity contribution in [2.45, 2.75) is 52.1 Å². The molecular formula is C28H34N2O3. The number of hydrogen-bond acceptors (Lipinski definition) is 3. The van der Waals surface area contributed by atoms with E-state index in [1.807, 2.05) is 52.0 Å². The molecule has 0 radical (unpaired) electrons. The van der Waals surface area contributed by atoms with Crippen LogP contribution in [0.4, 0.5) is 4.79 Å². The van der Waals surface area contributed by atoms with E-state index in [0.717, 1.165) is 17.5 Å². The van der Waals surface area contributed by atoms with Crippen molar-refractivity contribution in [3.63, 3.8) is 0 Å². The Bertz CT molecular complexity index is 994. The van der Waals surface area contributed by atoms with E-state index in [4.69, 9.17) is 11.2 Å². The first-order valence-corrected chi connectivity index (χ1v) is 11.6. The predicted octanol–water partition coefficient (Wildman–Crippen LogP) is 5.06. The number of carbonyl (C=O) groups is 2. The van der Waals surface area contributed by atoms with Crippen LogP contribution in [0.5, 0.6) is 0 Å². The SMILES string of the molecule is C#C[C@H](C(C)C)N(C)C(=O)[C@@H](NC(=O)OCC1c2ccccc2-c2ccccc21)[C@@H](C)CC. The molecule has 3 rings (SSSR count). The molecule has 5 heteroatoms. The topological polar surface area (TPSA) is 58.6 Å². The number of terminal acetylenes is 1. The van der Waals surface area contributed by atoms with Crippen LogP contribution in [-0.4, -0.2) is 42.6 Å². The van der Waals surface area contributed by atoms with Gasteiger partial charge in [0, 0.05) is 13.0 Å². The molecule has 33 heavy (non-hydrogen) atoms. The molecule has 0 bridgehead atoms. The van der Waals surface area contributed by atoms with Crippen molar-refractivity contribution in [2.24, 2.45) is 11.8 Å². The number of hydrogen-bond donors (Lipinski definition) is 1. The lowest BCUT2D eigenvalue weighted by atomic mass is 9.96. The van der Waals surface area contributed by atoms with E-state index in [-0.39, 0.29) is 36.3 Å². The molecule has 0 saturated heterocycles. The largest absolute Gasteiger partial charge is 0.449 e. The van der Waals surface area contributed by atoms with E-state index < -0.39 is 12.1 Å². The molecule has 2 aromatic rings. The molecule has 0 heterocycles. The molecular weight excluding hydrogens is 412 g/mol. The Morgan fingerprint density at radius 1 is 1.06 bits per heavy atom. The van der Waals surface area contributed by atoms with E-state index >= 15 is 0 Å². The predicted molar refractivity (Wildman–Crippen MR) is 132 cm³/mol. The van der Waals surface area contributed by atoms with Crippen molar-refractivity contribution < 1.29 is 14.3 Å². The summed E-state index contributed by atoms with van der Waals surface area (Å²) in [7, 11) is 1.70. The molecule has 0 saturated carbocycles. The third-order valence-corrected chi connectivity index (χ3v) is 6.66. The summed E-state index contributed by atoms with van der Waals surface area (Å²) in [6.07, 6.45) is 5.80. The Labute approximate surface area is 197 Å². The molecule has 1 aliphatic carbocycles. The van der Waals surface area contributed by atoms with Gasteiger partial charge in [0.25, 0.3) is 0 Å². The quantitative estimate of drug-likeness (QED) is 0.577. The number of likely N-dealkylation sites (N-methyl/N-ethyl adjacent to an activating group) is 1. The van der Waals surface area contributed by atoms with Crippen molar-refractivity contribution in [3.8, 4) is 23.5 Å². The summed E-state index contributed by atoms with van der Waals surface area (Å²) in [4.78, 5) is 27.6. The Kier molecular flexibility index (Phi) is 7.81. The zero-order valence-electron chi connectivity index (χ0n) is 20.2. The van der Waals surface area contributed by atoms with Crippen molar-refractivity contribution in [2.75, 3.05) is 13.7 Å². The van der Waals surface area contributed by atoms with Gasteiger partial charge in [-0.25, -0.2) is 4.79 Å². The Morgan fingerprint density at radius 2 is 1.61 bits per heavy atom. The fraction of sp³-hybridized carbons (Fsp3) is 0.429. The number of amides is 2. The van der Waals surface area contributed by atoms with Gasteiger partial charge in [-0.05, 0) is 34.1 Å². The first kappa shape index (κ1) is 24.4. The number of fused-ring (bicyclic) bond motifs is 3. The van der Waals surface area contributed by atoms with Gasteiger partial charge in [0.1, 0.15) is 12.6 Å². The van der Waals surface area contributed by atoms with Crippen LogP contribution in [0.3, 0.4) is 0 Å². The fourth-order valence-corrected chi connectivity index (χ4v) is 4.56. The minimum absolute atomic E-state index is 0.0321. The van der Waals surface area contributed by atoms with Gasteiger partial charge in [-0.1, -0.05) is 88.6 Å². The van der Waals surface area contributed by atoms with E-state index in [0.29, 0.717) is 0 Å². The molecule has 2 amide bonds. The highest BCUT2D eigenvalue weighted by Gasteiger charge is 2.33. The lowest BCUT2D eigenvalue weighted by molar-refractivity contribution is -0.135. The lowest BCUT2D eigenvalue weighted by Gasteiger charge is -2.32. The monoisotopic (exact) mass is 446 g/mol. The van der Waals surface area contributed by atoms with Crippen LogP contribution >= 0.6 is 0 Å². The average Bonchev–Trinajstić information content (AvgIpc) is 3.14. The Morgan fingerprint density at radius 3 is 2.09 bits per heavy atom. The third kappa shape index (κ3) is 5.06. The number of alkyl carbamates (subject to hydrolysis) is 1. The van der Waals surface area contributed by atoms with Gasteiger partial charge in [0.15, 0.2) is 0 Å². The van der Waals surface area contributed by atoms with E-state index in [1.165, 1.54) is 11.1 Å². The molecule has 0 aromatic heterocycles. The number of rotatable bonds is 8. The summed E-state index contributed by atoms with van der Waals surface area (Å²) >= 11 is 0. The zero-order valence-corrected chi connectivity index (χ0v) is 20.2. The van der Waals surface area contributed by atoms with Crippen LogP contribution in [0.25, 0.3) is 11.1 Å². The Balaban J connectivity index is 1.72. The highest BCUT2D eigenvalue weighted by atomic mass is 16.5. The van der Waals surface area contributed by atoms with Gasteiger partial charge in [0.2, 0.25) is 5.91 Å². The van der Waals surface area contributed by atoms with Crippen molar-refractivity contribution in [3.05, 3.63) is 59.7 Å². The van der Waals surface area contributed by atoms with Crippen molar-refractivity contribution in [1.82, 2.24) is 10.2 Å². The first-order valence-electron chi connectivity index (χ1n) is 11.6. The molecule has 5 nitrogen and oxygen atoms in total. The van der Waals surface area contributed by atoms with Crippen LogP contribution in [0.2, 0.25) is 0 Å². The summed E-state index contributed by atoms with van der Waals surface area (Å²) in [6.45, 7) is 8.10. The summed E-state index contributed by atoms with van der Waals surface area (Å²) in [5.74, 6) is 2.50. The smallest absolute Gasteiger partial charge is 0.407 e. The summed E-state index contributed by atoms with van der Waals surface area (Å²) < 4.78 is 5.67. The molecule has 3 atom stereocenters. The minimum Gasteiger partial charge on any atom is -0.449 e. The van der Waals surface area contributed by atoms with Gasteiger partial charge in [-0.2, -0.15) is 0 Å². The van der Waals surface area contributed by atoms with Gasteiger partial charge >= 0.3 is 6.09 Å². The summed E-state index contributed by atoms with van der Waals surface area (Å²) in [5, 5.41) is 2.82. The lowest BCUT2D eigenvalue weighted by Crippen LogP contribution is -2.53. The summed E-state index contributed by atoms with van der Waals surface area (Å²) in [5.41, 5.74) is 4.64. The molecule has 0 spiro atoms. The van der Waals surface area contributed by atoms with Crippen LogP contribution in [0, 0.1) is 24.2 Å². The maximum absolute atomic E-state index is 13.2. The van der Waals surface area contributed by atoms with Gasteiger partial charge in [0.05, 0.1) is 6.04 Å². The molecule has 2 aromatic carbocycles. The second-order valence-electron chi connectivity index (χ2n) is 9.14. The minimum atomic E-state index is -0.703. The van der Waals surface area contributed by atoms with Gasteiger partial charge in [-0.3, -0.25) is 4.79 Å². The molecule has 1 N–H and O–H groups in total. The zero-order chi connectivity index (χ0) is 24.1. The fourth-order valence-electron chi connectivity index (χ4n) is 4.56. The van der Waals surface area contributed by atoms with E-state index in [9.17, 15) is 9.59 Å². The maximum Gasteiger partial charge on any atom is 0.407 e. The first-order chi connectivity index (χ1) is 15.8. The molecule has 0 aliphatic heterocycles.